The molecule has 0 aromatic rings. The number of carbonyl (C=O) groups is 4. The minimum Gasteiger partial charge on any atom is -0.371 e. The van der Waals surface area contributed by atoms with Crippen molar-refractivity contribution in [2.24, 2.45) is 17.6 Å². The van der Waals surface area contributed by atoms with Crippen molar-refractivity contribution in [1.29, 1.82) is 0 Å². The summed E-state index contributed by atoms with van der Waals surface area (Å²) in [4.78, 5) is 46.3. The Morgan fingerprint density at radius 3 is 2.11 bits per heavy atom. The van der Waals surface area contributed by atoms with E-state index in [0.29, 0.717) is 26.3 Å². The molecular weight excluding hydrogens is 354 g/mol. The molecule has 0 radical (unpaired) electrons. The zero-order valence-corrected chi connectivity index (χ0v) is 14.8. The first kappa shape index (κ1) is 19.2. The molecular formula is C18H23N3O6. The quantitative estimate of drug-likeness (QED) is 0.261. The Balaban J connectivity index is 0.000000161. The molecule has 3 heterocycles. The van der Waals surface area contributed by atoms with E-state index < -0.39 is 5.91 Å². The molecule has 4 unspecified atom stereocenters. The second-order valence-electron chi connectivity index (χ2n) is 6.83. The van der Waals surface area contributed by atoms with Crippen molar-refractivity contribution in [1.82, 2.24) is 10.2 Å². The first-order valence-corrected chi connectivity index (χ1v) is 8.94. The summed E-state index contributed by atoms with van der Waals surface area (Å²) in [6, 6.07) is 0. The molecule has 146 valence electrons. The lowest BCUT2D eigenvalue weighted by Gasteiger charge is -2.14. The fourth-order valence-corrected chi connectivity index (χ4v) is 3.04. The van der Waals surface area contributed by atoms with Crippen LogP contribution in [0, 0.1) is 11.8 Å². The molecule has 3 saturated heterocycles. The number of hydrogen-bond acceptors (Lipinski definition) is 6. The van der Waals surface area contributed by atoms with Gasteiger partial charge in [0.05, 0.1) is 43.8 Å². The van der Waals surface area contributed by atoms with Crippen LogP contribution in [0.3, 0.4) is 0 Å². The average Bonchev–Trinajstić information content (AvgIpc) is 3.56. The molecule has 0 saturated carbocycles. The summed E-state index contributed by atoms with van der Waals surface area (Å²) < 4.78 is 9.91. The van der Waals surface area contributed by atoms with E-state index in [-0.39, 0.29) is 41.8 Å². The van der Waals surface area contributed by atoms with Gasteiger partial charge in [-0.3, -0.25) is 24.1 Å². The number of fused-ring (bicyclic) bond motifs is 1. The topological polar surface area (TPSA) is 135 Å². The number of rotatable bonds is 6. The van der Waals surface area contributed by atoms with Gasteiger partial charge in [0.2, 0.25) is 23.6 Å². The smallest absolute Gasteiger partial charge is 0.244 e. The molecule has 9 nitrogen and oxygen atoms in total. The lowest BCUT2D eigenvalue weighted by molar-refractivity contribution is -0.140. The number of primary amides is 1. The SMILES string of the molecule is NC(=O)/C=C\C(=O)NCC1CO1.O=C1C2CC=CCC2C(=O)N1CC1CO1. The lowest BCUT2D eigenvalue weighted by Crippen LogP contribution is -2.34. The van der Waals surface area contributed by atoms with E-state index in [1.165, 1.54) is 4.90 Å². The van der Waals surface area contributed by atoms with Gasteiger partial charge in [-0.2, -0.15) is 0 Å². The van der Waals surface area contributed by atoms with Gasteiger partial charge in [-0.15, -0.1) is 0 Å². The molecule has 4 amide bonds. The highest BCUT2D eigenvalue weighted by Crippen LogP contribution is 2.35. The van der Waals surface area contributed by atoms with Crippen LogP contribution in [0.5, 0.6) is 0 Å². The monoisotopic (exact) mass is 377 g/mol. The maximum absolute atomic E-state index is 11.9. The maximum Gasteiger partial charge on any atom is 0.244 e. The van der Waals surface area contributed by atoms with E-state index in [2.05, 4.69) is 5.32 Å². The summed E-state index contributed by atoms with van der Waals surface area (Å²) >= 11 is 0. The van der Waals surface area contributed by atoms with Crippen LogP contribution in [-0.4, -0.2) is 67.0 Å². The largest absolute Gasteiger partial charge is 0.371 e. The first-order valence-electron chi connectivity index (χ1n) is 8.94. The van der Waals surface area contributed by atoms with Gasteiger partial charge < -0.3 is 20.5 Å². The number of allylic oxidation sites excluding steroid dienone is 2. The standard InChI is InChI=1S/C11H13NO3.C7H10N2O3/c13-10-8-3-1-2-4-9(8)11(14)12(10)5-7-6-15-7;8-6(10)1-2-7(11)9-3-5-4-12-5/h1-2,7-9H,3-6H2;1-2,5H,3-4H2,(H2,8,10)(H,9,11)/b;2-1-. The number of hydrogen-bond donors (Lipinski definition) is 2. The average molecular weight is 377 g/mol. The van der Waals surface area contributed by atoms with Gasteiger partial charge in [0.25, 0.3) is 0 Å². The van der Waals surface area contributed by atoms with Crippen molar-refractivity contribution in [2.45, 2.75) is 25.0 Å². The van der Waals surface area contributed by atoms with Crippen molar-refractivity contribution in [3.05, 3.63) is 24.3 Å². The van der Waals surface area contributed by atoms with Crippen LogP contribution in [0.2, 0.25) is 0 Å². The molecule has 4 aliphatic rings. The molecule has 3 aliphatic heterocycles. The minimum absolute atomic E-state index is 0.00449. The number of epoxide rings is 2. The molecule has 27 heavy (non-hydrogen) atoms. The Morgan fingerprint density at radius 1 is 1.07 bits per heavy atom. The van der Waals surface area contributed by atoms with Gasteiger partial charge in [0.1, 0.15) is 0 Å². The molecule has 0 aromatic carbocycles. The van der Waals surface area contributed by atoms with E-state index in [1.54, 1.807) is 0 Å². The van der Waals surface area contributed by atoms with Crippen LogP contribution in [0.1, 0.15) is 12.8 Å². The van der Waals surface area contributed by atoms with E-state index in [0.717, 1.165) is 25.0 Å². The van der Waals surface area contributed by atoms with E-state index in [4.69, 9.17) is 15.2 Å². The molecule has 0 bridgehead atoms. The molecule has 9 heteroatoms. The van der Waals surface area contributed by atoms with Gasteiger partial charge in [-0.1, -0.05) is 12.2 Å². The number of nitrogens with zero attached hydrogens (tertiary/aromatic N) is 1. The lowest BCUT2D eigenvalue weighted by atomic mass is 9.85. The third-order valence-corrected chi connectivity index (χ3v) is 4.69. The van der Waals surface area contributed by atoms with Crippen LogP contribution in [0.4, 0.5) is 0 Å². The van der Waals surface area contributed by atoms with Crippen molar-refractivity contribution >= 4 is 23.6 Å². The number of nitrogens with one attached hydrogen (secondary N) is 1. The Bertz CT molecular complexity index is 655. The van der Waals surface area contributed by atoms with Crippen LogP contribution < -0.4 is 11.1 Å². The minimum atomic E-state index is -0.632. The Kier molecular flexibility index (Phi) is 6.02. The fourth-order valence-electron chi connectivity index (χ4n) is 3.04. The predicted octanol–water partition coefficient (Wildman–Crippen LogP) is -1.12. The van der Waals surface area contributed by atoms with Gasteiger partial charge >= 0.3 is 0 Å². The molecule has 3 N–H and O–H groups in total. The zero-order chi connectivity index (χ0) is 19.4. The second-order valence-corrected chi connectivity index (χ2v) is 6.83. The molecule has 3 fully saturated rings. The van der Waals surface area contributed by atoms with E-state index >= 15 is 0 Å². The number of imide groups is 1. The molecule has 4 rings (SSSR count). The number of ether oxygens (including phenoxy) is 2. The van der Waals surface area contributed by atoms with Crippen molar-refractivity contribution in [3.8, 4) is 0 Å². The van der Waals surface area contributed by atoms with Gasteiger partial charge in [0, 0.05) is 18.7 Å². The zero-order valence-electron chi connectivity index (χ0n) is 14.8. The normalized spacial score (nSPS) is 30.6. The third kappa shape index (κ3) is 5.48. The first-order chi connectivity index (χ1) is 13.0. The van der Waals surface area contributed by atoms with Crippen LogP contribution >= 0.6 is 0 Å². The van der Waals surface area contributed by atoms with E-state index in [9.17, 15) is 19.2 Å². The Hall–Kier alpha value is -2.52. The number of nitrogens with two attached hydrogens (primary N) is 1. The van der Waals surface area contributed by atoms with Crippen LogP contribution in [0.15, 0.2) is 24.3 Å². The van der Waals surface area contributed by atoms with Gasteiger partial charge in [-0.25, -0.2) is 0 Å². The molecule has 4 atom stereocenters. The highest BCUT2D eigenvalue weighted by Gasteiger charge is 2.48. The highest BCUT2D eigenvalue weighted by atomic mass is 16.6. The molecule has 1 aliphatic carbocycles. The van der Waals surface area contributed by atoms with Crippen LogP contribution in [0.25, 0.3) is 0 Å². The van der Waals surface area contributed by atoms with Crippen molar-refractivity contribution in [3.63, 3.8) is 0 Å². The fraction of sp³-hybridized carbons (Fsp3) is 0.556. The predicted molar refractivity (Wildman–Crippen MR) is 92.9 cm³/mol. The Labute approximate surface area is 156 Å². The van der Waals surface area contributed by atoms with Gasteiger partial charge in [-0.05, 0) is 12.8 Å². The summed E-state index contributed by atoms with van der Waals surface area (Å²) in [7, 11) is 0. The number of likely N-dealkylation sites (tertiary alicyclic amines) is 1. The Morgan fingerprint density at radius 2 is 1.63 bits per heavy atom. The third-order valence-electron chi connectivity index (χ3n) is 4.69. The van der Waals surface area contributed by atoms with Gasteiger partial charge in [0.15, 0.2) is 0 Å². The highest BCUT2D eigenvalue weighted by molar-refractivity contribution is 6.05. The molecule has 0 spiro atoms. The van der Waals surface area contributed by atoms with E-state index in [1.807, 2.05) is 12.2 Å². The summed E-state index contributed by atoms with van der Waals surface area (Å²) in [5.41, 5.74) is 4.78. The molecule has 0 aromatic heterocycles. The summed E-state index contributed by atoms with van der Waals surface area (Å²) in [6.45, 7) is 2.33. The summed E-state index contributed by atoms with van der Waals surface area (Å²) in [6.07, 6.45) is 7.82. The van der Waals surface area contributed by atoms with Crippen molar-refractivity contribution in [2.75, 3.05) is 26.3 Å². The second kappa shape index (κ2) is 8.45. The summed E-state index contributed by atoms with van der Waals surface area (Å²) in [5, 5.41) is 2.54. The van der Waals surface area contributed by atoms with Crippen LogP contribution in [-0.2, 0) is 28.7 Å². The number of carbonyl (C=O) groups excluding carboxylic acids is 4. The van der Waals surface area contributed by atoms with Crippen molar-refractivity contribution < 1.29 is 28.7 Å². The number of amides is 4. The summed E-state index contributed by atoms with van der Waals surface area (Å²) in [5.74, 6) is -1.14. The maximum atomic E-state index is 11.9.